The highest BCUT2D eigenvalue weighted by molar-refractivity contribution is 5.90. The van der Waals surface area contributed by atoms with Crippen LogP contribution in [0.5, 0.6) is 0 Å². The third-order valence-corrected chi connectivity index (χ3v) is 20.1. The Morgan fingerprint density at radius 3 is 0.926 bits per heavy atom. The molecule has 3 aliphatic carbocycles. The molecule has 0 spiro atoms. The van der Waals surface area contributed by atoms with E-state index in [1.165, 1.54) is 57.8 Å². The normalized spacial score (nSPS) is 14.0. The van der Waals surface area contributed by atoms with Gasteiger partial charge in [0.15, 0.2) is 39.9 Å². The highest BCUT2D eigenvalue weighted by Gasteiger charge is 2.27. The minimum absolute atomic E-state index is 0.226. The van der Waals surface area contributed by atoms with Crippen molar-refractivity contribution in [1.29, 1.82) is 0 Å². The number of carbonyl (C=O) groups is 7. The fraction of sp³-hybridized carbons (Fsp3) is 0.558. The molecule has 1 aliphatic heterocycles. The van der Waals surface area contributed by atoms with Crippen molar-refractivity contribution >= 4 is 41.8 Å². The number of carbonyl (C=O) groups excluding carboxylic acids is 7. The Hall–Kier alpha value is -11.8. The summed E-state index contributed by atoms with van der Waals surface area (Å²) in [5.41, 5.74) is 13.3. The zero-order chi connectivity index (χ0) is 87.8. The Bertz CT molecular complexity index is 4870. The average Bonchev–Trinajstić information content (AvgIpc) is 1.71. The molecule has 10 aromatic rings. The molecule has 10 aromatic heterocycles. The van der Waals surface area contributed by atoms with Gasteiger partial charge in [0.25, 0.3) is 0 Å². The Morgan fingerprint density at radius 2 is 0.645 bits per heavy atom. The molecule has 0 amide bonds. The Balaban J connectivity index is 0.000000176. The van der Waals surface area contributed by atoms with Crippen LogP contribution in [0.1, 0.15) is 261 Å². The summed E-state index contributed by atoms with van der Waals surface area (Å²) in [4.78, 5) is 89.0. The van der Waals surface area contributed by atoms with Gasteiger partial charge in [0, 0.05) is 110 Å². The molecule has 14 rings (SSSR count). The number of esters is 7. The van der Waals surface area contributed by atoms with Crippen LogP contribution in [0.15, 0.2) is 73.2 Å². The zero-order valence-corrected chi connectivity index (χ0v) is 73.7. The monoisotopic (exact) mass is 1670 g/mol. The minimum Gasteiger partial charge on any atom is -0.461 e. The van der Waals surface area contributed by atoms with Crippen molar-refractivity contribution in [2.45, 2.75) is 233 Å². The highest BCUT2D eigenvalue weighted by Crippen LogP contribution is 2.32. The molecule has 0 N–H and O–H groups in total. The lowest BCUT2D eigenvalue weighted by Crippen LogP contribution is -2.19. The van der Waals surface area contributed by atoms with Gasteiger partial charge in [-0.15, -0.1) is 0 Å². The third-order valence-electron chi connectivity index (χ3n) is 20.1. The van der Waals surface area contributed by atoms with E-state index in [0.717, 1.165) is 125 Å². The summed E-state index contributed by atoms with van der Waals surface area (Å²) in [5.74, 6) is 0.464. The van der Waals surface area contributed by atoms with Crippen molar-refractivity contribution < 1.29 is 71.5 Å². The SMILES string of the molecule is CCOC(=O)c1cc(C)n(CC2CC2)n1.CCOC(=O)c1cc(C)n(CC2CCC2)n1.CCOC(=O)c1cc(C)n(CC2CCCC2)n1.CCOC(=O)c1cc(C)n(CC2CCCO2)n1.CCOC(=O)c1cc(C)n(Cc2cc(C)n(C)n2)n1.CCOC(=O)c1cc(C)n(Cc2ccn(C)n2)n1.CCOC(=O)c1cc(C)n(Cc2cnc(C)nc2)n1. The first-order valence-corrected chi connectivity index (χ1v) is 41.9. The van der Waals surface area contributed by atoms with Gasteiger partial charge in [-0.25, -0.2) is 43.5 Å². The predicted molar refractivity (Wildman–Crippen MR) is 447 cm³/mol. The van der Waals surface area contributed by atoms with Gasteiger partial charge in [-0.3, -0.25) is 42.1 Å². The summed E-state index contributed by atoms with van der Waals surface area (Å²) < 4.78 is 56.4. The van der Waals surface area contributed by atoms with Gasteiger partial charge >= 0.3 is 41.8 Å². The molecule has 35 nitrogen and oxygen atoms in total. The van der Waals surface area contributed by atoms with E-state index in [-0.39, 0.29) is 41.9 Å². The van der Waals surface area contributed by atoms with Crippen LogP contribution in [0.4, 0.5) is 0 Å². The molecule has 1 atom stereocenters. The average molecular weight is 1680 g/mol. The second-order valence-electron chi connectivity index (χ2n) is 30.0. The van der Waals surface area contributed by atoms with Crippen molar-refractivity contribution in [1.82, 2.24) is 98.0 Å². The lowest BCUT2D eigenvalue weighted by Gasteiger charge is -2.25. The predicted octanol–water partition coefficient (Wildman–Crippen LogP) is 12.2. The first-order valence-electron chi connectivity index (χ1n) is 41.9. The van der Waals surface area contributed by atoms with Crippen molar-refractivity contribution in [3.05, 3.63) is 181 Å². The van der Waals surface area contributed by atoms with Crippen LogP contribution in [-0.4, -0.2) is 199 Å². The maximum Gasteiger partial charge on any atom is 0.358 e. The molecule has 3 saturated carbocycles. The Labute approximate surface area is 707 Å². The first kappa shape index (κ1) is 94.7. The molecule has 35 heteroatoms. The molecule has 4 aliphatic rings. The smallest absolute Gasteiger partial charge is 0.358 e. The number of hydrogen-bond donors (Lipinski definition) is 0. The van der Waals surface area contributed by atoms with E-state index in [1.807, 2.05) is 124 Å². The largest absolute Gasteiger partial charge is 0.461 e. The van der Waals surface area contributed by atoms with Crippen LogP contribution in [0, 0.1) is 80.1 Å². The van der Waals surface area contributed by atoms with E-state index in [2.05, 4.69) is 55.9 Å². The molecule has 0 aromatic carbocycles. The van der Waals surface area contributed by atoms with Crippen LogP contribution < -0.4 is 0 Å². The number of ether oxygens (including phenoxy) is 8. The minimum atomic E-state index is -0.399. The van der Waals surface area contributed by atoms with Gasteiger partial charge in [0.2, 0.25) is 0 Å². The molecule has 1 unspecified atom stereocenters. The van der Waals surface area contributed by atoms with Crippen LogP contribution >= 0.6 is 0 Å². The van der Waals surface area contributed by atoms with E-state index in [1.54, 1.807) is 116 Å². The number of rotatable bonds is 28. The standard InChI is InChI=1S/C13H18N4O2.C13H16N4O2.C13H20N2O2.C12H16N4O2.C12H18N2O3.C12H18N2O2.C11H16N2O2/c1-5-19-13(18)12-7-10(3)17(15-12)8-11-6-9(2)16(4)14-11;1-4-19-13(18)12-5-9(2)17(16-12)8-11-6-14-10(3)15-7-11;1-3-17-13(16)12-8-10(2)15(14-12)9-11-6-4-5-7-11;1-4-18-12(17)11-7-9(2)16(14-11)8-10-5-6-15(3)13-10;1-3-16-12(15)11-7-9(2)14(13-11)8-10-5-4-6-17-10;1-3-16-12(15)11-7-9(2)14(13-11)8-10-5-4-6-10;1-3-15-11(14)10-6-8(2)13(12-10)7-9-4-5-9/h6-7H,5,8H2,1-4H3;5-7H,4,8H2,1-3H3;8,11H,3-7,9H2,1-2H3;5-7H,4,8H2,1-3H3;7,10H,3-6,8H2,1-2H3;7,10H,3-6,8H2,1-2H3;6,9H,3-5,7H2,1-2H3. The van der Waals surface area contributed by atoms with Crippen molar-refractivity contribution in [2.75, 3.05) is 52.9 Å². The molecule has 11 heterocycles. The number of aryl methyl sites for hydroxylation is 11. The maximum absolute atomic E-state index is 11.6. The zero-order valence-electron chi connectivity index (χ0n) is 73.7. The number of nitrogens with zero attached hydrogens (tertiary/aromatic N) is 20. The van der Waals surface area contributed by atoms with Crippen LogP contribution in [-0.2, 0) is 97.8 Å². The lowest BCUT2D eigenvalue weighted by molar-refractivity contribution is 0.0507. The van der Waals surface area contributed by atoms with Crippen molar-refractivity contribution in [2.24, 2.45) is 31.8 Å². The lowest BCUT2D eigenvalue weighted by atomic mass is 9.85. The molecule has 4 fully saturated rings. The number of aromatic nitrogens is 20. The summed E-state index contributed by atoms with van der Waals surface area (Å²) in [6, 6.07) is 16.3. The van der Waals surface area contributed by atoms with Crippen molar-refractivity contribution in [3.63, 3.8) is 0 Å². The van der Waals surface area contributed by atoms with Crippen LogP contribution in [0.25, 0.3) is 0 Å². The van der Waals surface area contributed by atoms with Crippen LogP contribution in [0.3, 0.4) is 0 Å². The first-order chi connectivity index (χ1) is 58.0. The van der Waals surface area contributed by atoms with E-state index in [4.69, 9.17) is 37.9 Å². The van der Waals surface area contributed by atoms with Gasteiger partial charge in [0.05, 0.1) is 89.9 Å². The third kappa shape index (κ3) is 29.6. The maximum atomic E-state index is 11.6. The molecule has 121 heavy (non-hydrogen) atoms. The van der Waals surface area contributed by atoms with Gasteiger partial charge in [-0.2, -0.15) is 45.9 Å². The van der Waals surface area contributed by atoms with E-state index >= 15 is 0 Å². The van der Waals surface area contributed by atoms with Crippen molar-refractivity contribution in [3.8, 4) is 0 Å². The Morgan fingerprint density at radius 1 is 0.339 bits per heavy atom. The summed E-state index contributed by atoms with van der Waals surface area (Å²) in [7, 11) is 3.77. The number of hydrogen-bond acceptors (Lipinski definition) is 26. The van der Waals surface area contributed by atoms with E-state index in [0.29, 0.717) is 112 Å². The summed E-state index contributed by atoms with van der Waals surface area (Å²) >= 11 is 0. The van der Waals surface area contributed by atoms with E-state index in [9.17, 15) is 33.6 Å². The second-order valence-corrected chi connectivity index (χ2v) is 30.0. The Kier molecular flexibility index (Phi) is 37.0. The topological polar surface area (TPSA) is 379 Å². The molecule has 656 valence electrons. The highest BCUT2D eigenvalue weighted by atomic mass is 16.6. The molecule has 0 radical (unpaired) electrons. The second kappa shape index (κ2) is 47.3. The molecule has 1 saturated heterocycles. The van der Waals surface area contributed by atoms with Gasteiger partial charge < -0.3 is 37.9 Å². The van der Waals surface area contributed by atoms with E-state index < -0.39 is 5.97 Å². The fourth-order valence-corrected chi connectivity index (χ4v) is 13.0. The quantitative estimate of drug-likeness (QED) is 0.0325. The molecule has 0 bridgehead atoms. The van der Waals surface area contributed by atoms with Gasteiger partial charge in [0.1, 0.15) is 5.82 Å². The van der Waals surface area contributed by atoms with Gasteiger partial charge in [-0.05, 0) is 234 Å². The molecular weight excluding hydrogens is 1550 g/mol. The van der Waals surface area contributed by atoms with Crippen LogP contribution in [0.2, 0.25) is 0 Å². The summed E-state index contributed by atoms with van der Waals surface area (Å²) in [6.45, 7) is 38.5. The van der Waals surface area contributed by atoms with Gasteiger partial charge in [-0.1, -0.05) is 19.3 Å². The summed E-state index contributed by atoms with van der Waals surface area (Å²) in [6.07, 6.45) is 19.5. The fourth-order valence-electron chi connectivity index (χ4n) is 13.0. The molecular formula is C86H122N20O15. The summed E-state index contributed by atoms with van der Waals surface area (Å²) in [5, 5.41) is 38.5.